The quantitative estimate of drug-likeness (QED) is 0.878. The summed E-state index contributed by atoms with van der Waals surface area (Å²) < 4.78 is 15.3. The highest BCUT2D eigenvalue weighted by Gasteiger charge is 2.14. The fourth-order valence-electron chi connectivity index (χ4n) is 2.44. The van der Waals surface area contributed by atoms with Crippen LogP contribution in [-0.2, 0) is 13.0 Å². The van der Waals surface area contributed by atoms with Crippen molar-refractivity contribution in [2.24, 2.45) is 5.73 Å². The zero-order valence-corrected chi connectivity index (χ0v) is 13.9. The maximum atomic E-state index is 14.2. The van der Waals surface area contributed by atoms with Gasteiger partial charge in [0.05, 0.1) is 5.69 Å². The lowest BCUT2D eigenvalue weighted by molar-refractivity contribution is 0.616. The summed E-state index contributed by atoms with van der Waals surface area (Å²) in [5, 5.41) is 0. The summed E-state index contributed by atoms with van der Waals surface area (Å²) in [6, 6.07) is 13.2. The second-order valence-corrected chi connectivity index (χ2v) is 6.33. The molecule has 0 saturated heterocycles. The summed E-state index contributed by atoms with van der Waals surface area (Å²) in [6.45, 7) is 2.59. The smallest absolute Gasteiger partial charge is 0.146 e. The predicted molar refractivity (Wildman–Crippen MR) is 90.0 cm³/mol. The van der Waals surface area contributed by atoms with Crippen molar-refractivity contribution in [3.05, 3.63) is 63.9 Å². The Balaban J connectivity index is 2.25. The van der Waals surface area contributed by atoms with E-state index in [2.05, 4.69) is 15.9 Å². The summed E-state index contributed by atoms with van der Waals surface area (Å²) in [7, 11) is 1.91. The van der Waals surface area contributed by atoms with Crippen molar-refractivity contribution in [2.75, 3.05) is 11.9 Å². The molecule has 0 aliphatic rings. The van der Waals surface area contributed by atoms with Crippen LogP contribution in [0, 0.1) is 5.82 Å². The first kappa shape index (κ1) is 16.0. The molecule has 0 amide bonds. The number of rotatable bonds is 5. The topological polar surface area (TPSA) is 29.3 Å². The van der Waals surface area contributed by atoms with E-state index in [1.807, 2.05) is 49.2 Å². The van der Waals surface area contributed by atoms with Crippen molar-refractivity contribution in [1.29, 1.82) is 0 Å². The molecule has 0 saturated carbocycles. The molecular formula is C17H20BrFN2. The molecule has 4 heteroatoms. The van der Waals surface area contributed by atoms with Gasteiger partial charge in [-0.3, -0.25) is 0 Å². The average Bonchev–Trinajstić information content (AvgIpc) is 2.40. The summed E-state index contributed by atoms with van der Waals surface area (Å²) in [4.78, 5) is 1.94. The van der Waals surface area contributed by atoms with E-state index in [1.165, 1.54) is 6.07 Å². The molecule has 2 N–H and O–H groups in total. The highest BCUT2D eigenvalue weighted by molar-refractivity contribution is 9.10. The summed E-state index contributed by atoms with van der Waals surface area (Å²) >= 11 is 3.42. The monoisotopic (exact) mass is 350 g/mol. The fourth-order valence-corrected chi connectivity index (χ4v) is 2.71. The third-order valence-electron chi connectivity index (χ3n) is 3.33. The lowest BCUT2D eigenvalue weighted by atomic mass is 10.0. The Morgan fingerprint density at radius 1 is 1.19 bits per heavy atom. The highest BCUT2D eigenvalue weighted by Crippen LogP contribution is 2.26. The van der Waals surface area contributed by atoms with Gasteiger partial charge in [-0.05, 0) is 42.7 Å². The van der Waals surface area contributed by atoms with Crippen LogP contribution in [0.2, 0.25) is 0 Å². The van der Waals surface area contributed by atoms with E-state index in [0.717, 1.165) is 15.6 Å². The Morgan fingerprint density at radius 2 is 1.86 bits per heavy atom. The lowest BCUT2D eigenvalue weighted by Crippen LogP contribution is -2.23. The van der Waals surface area contributed by atoms with Crippen molar-refractivity contribution in [3.63, 3.8) is 0 Å². The Morgan fingerprint density at radius 3 is 2.48 bits per heavy atom. The maximum absolute atomic E-state index is 14.2. The van der Waals surface area contributed by atoms with Gasteiger partial charge < -0.3 is 10.6 Å². The van der Waals surface area contributed by atoms with E-state index in [9.17, 15) is 4.39 Å². The standard InChI is InChI=1S/C17H20BrFN2/c1-12(20)10-14-4-3-5-16(19)17(14)21(2)11-13-6-8-15(18)9-7-13/h3-9,12H,10-11,20H2,1-2H3. The first-order valence-corrected chi connectivity index (χ1v) is 7.75. The first-order valence-electron chi connectivity index (χ1n) is 6.96. The number of hydrogen-bond donors (Lipinski definition) is 1. The average molecular weight is 351 g/mol. The zero-order chi connectivity index (χ0) is 15.4. The number of hydrogen-bond acceptors (Lipinski definition) is 2. The molecule has 2 nitrogen and oxygen atoms in total. The normalized spacial score (nSPS) is 12.2. The van der Waals surface area contributed by atoms with Crippen LogP contribution in [0.3, 0.4) is 0 Å². The molecule has 1 unspecified atom stereocenters. The molecule has 2 aromatic rings. The van der Waals surface area contributed by atoms with E-state index in [4.69, 9.17) is 5.73 Å². The van der Waals surface area contributed by atoms with E-state index in [-0.39, 0.29) is 11.9 Å². The molecular weight excluding hydrogens is 331 g/mol. The number of nitrogens with zero attached hydrogens (tertiary/aromatic N) is 1. The molecule has 2 aromatic carbocycles. The van der Waals surface area contributed by atoms with Gasteiger partial charge in [-0.1, -0.05) is 40.2 Å². The second-order valence-electron chi connectivity index (χ2n) is 5.41. The molecule has 0 aliphatic carbocycles. The second kappa shape index (κ2) is 7.05. The first-order chi connectivity index (χ1) is 9.97. The highest BCUT2D eigenvalue weighted by atomic mass is 79.9. The molecule has 2 rings (SSSR count). The van der Waals surface area contributed by atoms with Gasteiger partial charge in [-0.2, -0.15) is 0 Å². The minimum Gasteiger partial charge on any atom is -0.368 e. The summed E-state index contributed by atoms with van der Waals surface area (Å²) in [6.07, 6.45) is 0.664. The Hall–Kier alpha value is -1.39. The molecule has 0 radical (unpaired) electrons. The van der Waals surface area contributed by atoms with Gasteiger partial charge in [0.2, 0.25) is 0 Å². The van der Waals surface area contributed by atoms with Gasteiger partial charge in [-0.15, -0.1) is 0 Å². The number of para-hydroxylation sites is 1. The van der Waals surface area contributed by atoms with Crippen molar-refractivity contribution in [1.82, 2.24) is 0 Å². The van der Waals surface area contributed by atoms with Crippen LogP contribution in [-0.4, -0.2) is 13.1 Å². The molecule has 1 atom stereocenters. The van der Waals surface area contributed by atoms with Crippen LogP contribution in [0.1, 0.15) is 18.1 Å². The van der Waals surface area contributed by atoms with E-state index >= 15 is 0 Å². The summed E-state index contributed by atoms with van der Waals surface area (Å²) in [5.41, 5.74) is 8.59. The SMILES string of the molecule is CC(N)Cc1cccc(F)c1N(C)Cc1ccc(Br)cc1. The van der Waals surface area contributed by atoms with Gasteiger partial charge >= 0.3 is 0 Å². The molecule has 0 aromatic heterocycles. The molecule has 112 valence electrons. The predicted octanol–water partition coefficient (Wildman–Crippen LogP) is 4.11. The van der Waals surface area contributed by atoms with Gasteiger partial charge in [0.15, 0.2) is 0 Å². The fraction of sp³-hybridized carbons (Fsp3) is 0.294. The molecule has 0 heterocycles. The maximum Gasteiger partial charge on any atom is 0.146 e. The van der Waals surface area contributed by atoms with Crippen LogP contribution in [0.15, 0.2) is 46.9 Å². The van der Waals surface area contributed by atoms with Crippen LogP contribution < -0.4 is 10.6 Å². The van der Waals surface area contributed by atoms with Crippen molar-refractivity contribution < 1.29 is 4.39 Å². The lowest BCUT2D eigenvalue weighted by Gasteiger charge is -2.24. The van der Waals surface area contributed by atoms with E-state index in [0.29, 0.717) is 18.7 Å². The Kier molecular flexibility index (Phi) is 5.37. The van der Waals surface area contributed by atoms with Crippen molar-refractivity contribution in [3.8, 4) is 0 Å². The summed E-state index contributed by atoms with van der Waals surface area (Å²) in [5.74, 6) is -0.201. The molecule has 0 spiro atoms. The van der Waals surface area contributed by atoms with Crippen molar-refractivity contribution in [2.45, 2.75) is 25.9 Å². The van der Waals surface area contributed by atoms with Gasteiger partial charge in [0.25, 0.3) is 0 Å². The van der Waals surface area contributed by atoms with Crippen LogP contribution in [0.4, 0.5) is 10.1 Å². The Bertz CT molecular complexity index is 596. The number of nitrogens with two attached hydrogens (primary N) is 1. The number of benzene rings is 2. The van der Waals surface area contributed by atoms with Crippen LogP contribution >= 0.6 is 15.9 Å². The molecule has 21 heavy (non-hydrogen) atoms. The Labute approximate surface area is 133 Å². The van der Waals surface area contributed by atoms with E-state index in [1.54, 1.807) is 6.07 Å². The van der Waals surface area contributed by atoms with Gasteiger partial charge in [0.1, 0.15) is 5.82 Å². The largest absolute Gasteiger partial charge is 0.368 e. The molecule has 0 bridgehead atoms. The molecule has 0 aliphatic heterocycles. The van der Waals surface area contributed by atoms with Crippen molar-refractivity contribution >= 4 is 21.6 Å². The third-order valence-corrected chi connectivity index (χ3v) is 3.86. The van der Waals surface area contributed by atoms with Gasteiger partial charge in [0, 0.05) is 24.1 Å². The zero-order valence-electron chi connectivity index (χ0n) is 12.3. The van der Waals surface area contributed by atoms with Crippen LogP contribution in [0.25, 0.3) is 0 Å². The minimum absolute atomic E-state index is 0.00614. The number of halogens is 2. The molecule has 0 fully saturated rings. The van der Waals surface area contributed by atoms with Crippen LogP contribution in [0.5, 0.6) is 0 Å². The van der Waals surface area contributed by atoms with Gasteiger partial charge in [-0.25, -0.2) is 4.39 Å². The number of anilines is 1. The van der Waals surface area contributed by atoms with E-state index < -0.39 is 0 Å². The third kappa shape index (κ3) is 4.29. The minimum atomic E-state index is -0.201.